The van der Waals surface area contributed by atoms with Crippen molar-refractivity contribution in [2.45, 2.75) is 51.2 Å². The average molecular weight is 641 g/mol. The highest BCUT2D eigenvalue weighted by Gasteiger charge is 2.33. The first-order valence-electron chi connectivity index (χ1n) is 12.9. The molecule has 1 atom stereocenters. The molecule has 220 valence electrons. The molecule has 3 aromatic carbocycles. The smallest absolute Gasteiger partial charge is 0.264 e. The maximum atomic E-state index is 14.0. The molecule has 0 unspecified atom stereocenters. The Morgan fingerprint density at radius 2 is 1.49 bits per heavy atom. The van der Waals surface area contributed by atoms with Gasteiger partial charge in [0.1, 0.15) is 18.3 Å². The van der Waals surface area contributed by atoms with E-state index in [1.54, 1.807) is 63.2 Å². The second-order valence-electron chi connectivity index (χ2n) is 9.45. The van der Waals surface area contributed by atoms with Crippen LogP contribution >= 0.6 is 34.8 Å². The molecule has 3 rings (SSSR count). The average Bonchev–Trinajstić information content (AvgIpc) is 2.91. The van der Waals surface area contributed by atoms with Crippen LogP contribution < -0.4 is 14.4 Å². The van der Waals surface area contributed by atoms with Gasteiger partial charge < -0.3 is 15.0 Å². The summed E-state index contributed by atoms with van der Waals surface area (Å²) in [4.78, 5) is 28.2. The van der Waals surface area contributed by atoms with Crippen molar-refractivity contribution >= 4 is 62.3 Å². The zero-order chi connectivity index (χ0) is 30.3. The highest BCUT2D eigenvalue weighted by atomic mass is 35.5. The number of amides is 2. The molecule has 1 N–H and O–H groups in total. The summed E-state index contributed by atoms with van der Waals surface area (Å²) in [6, 6.07) is 15.7. The van der Waals surface area contributed by atoms with Crippen LogP contribution in [0, 0.1) is 0 Å². The topological polar surface area (TPSA) is 96.0 Å². The Kier molecular flexibility index (Phi) is 11.3. The third-order valence-electron chi connectivity index (χ3n) is 6.10. The number of anilines is 1. The number of nitrogens with one attached hydrogen (secondary N) is 1. The number of ether oxygens (including phenoxy) is 1. The van der Waals surface area contributed by atoms with Gasteiger partial charge in [0.05, 0.1) is 17.2 Å². The minimum absolute atomic E-state index is 0.0603. The number of carbonyl (C=O) groups is 2. The highest BCUT2D eigenvalue weighted by molar-refractivity contribution is 7.92. The second kappa shape index (κ2) is 14.3. The number of halogens is 3. The van der Waals surface area contributed by atoms with E-state index in [4.69, 9.17) is 39.5 Å². The molecular formula is C29H32Cl3N3O5S. The van der Waals surface area contributed by atoms with Crippen LogP contribution in [-0.2, 0) is 26.2 Å². The number of sulfonamides is 1. The first-order valence-corrected chi connectivity index (χ1v) is 15.5. The second-order valence-corrected chi connectivity index (χ2v) is 12.6. The van der Waals surface area contributed by atoms with E-state index < -0.39 is 34.4 Å². The molecule has 3 aromatic rings. The summed E-state index contributed by atoms with van der Waals surface area (Å²) < 4.78 is 34.3. The summed E-state index contributed by atoms with van der Waals surface area (Å²) in [5.74, 6) is -0.510. The molecule has 12 heteroatoms. The Bertz CT molecular complexity index is 1450. The van der Waals surface area contributed by atoms with Crippen molar-refractivity contribution in [3.8, 4) is 5.75 Å². The van der Waals surface area contributed by atoms with Crippen LogP contribution in [0.5, 0.6) is 5.75 Å². The molecule has 0 heterocycles. The van der Waals surface area contributed by atoms with Crippen molar-refractivity contribution in [3.05, 3.63) is 87.4 Å². The van der Waals surface area contributed by atoms with Crippen LogP contribution in [0.4, 0.5) is 5.69 Å². The van der Waals surface area contributed by atoms with E-state index in [9.17, 15) is 18.0 Å². The zero-order valence-electron chi connectivity index (χ0n) is 23.1. The normalized spacial score (nSPS) is 12.1. The molecule has 41 heavy (non-hydrogen) atoms. The summed E-state index contributed by atoms with van der Waals surface area (Å²) in [7, 11) is -4.25. The molecule has 0 aliphatic heterocycles. The molecule has 0 saturated heterocycles. The fraction of sp³-hybridized carbons (Fsp3) is 0.310. The Hall–Kier alpha value is -2.98. The predicted molar refractivity (Wildman–Crippen MR) is 163 cm³/mol. The Morgan fingerprint density at radius 1 is 0.902 bits per heavy atom. The molecule has 8 nitrogen and oxygen atoms in total. The molecular weight excluding hydrogens is 609 g/mol. The maximum absolute atomic E-state index is 14.0. The lowest BCUT2D eigenvalue weighted by Gasteiger charge is -2.32. The van der Waals surface area contributed by atoms with E-state index in [1.165, 1.54) is 29.2 Å². The molecule has 0 radical (unpaired) electrons. The van der Waals surface area contributed by atoms with Crippen molar-refractivity contribution in [2.75, 3.05) is 17.5 Å². The van der Waals surface area contributed by atoms with Crippen LogP contribution in [-0.4, -0.2) is 50.4 Å². The molecule has 2 amide bonds. The fourth-order valence-electron chi connectivity index (χ4n) is 3.98. The van der Waals surface area contributed by atoms with Crippen LogP contribution in [0.15, 0.2) is 71.6 Å². The van der Waals surface area contributed by atoms with Gasteiger partial charge in [0.15, 0.2) is 0 Å². The summed E-state index contributed by atoms with van der Waals surface area (Å²) >= 11 is 18.8. The Labute approximate surface area is 256 Å². The lowest BCUT2D eigenvalue weighted by molar-refractivity contribution is -0.139. The van der Waals surface area contributed by atoms with Gasteiger partial charge in [-0.05, 0) is 88.4 Å². The van der Waals surface area contributed by atoms with Crippen LogP contribution in [0.1, 0.15) is 33.3 Å². The Morgan fingerprint density at radius 3 is 2.02 bits per heavy atom. The number of hydrogen-bond acceptors (Lipinski definition) is 5. The first kappa shape index (κ1) is 32.5. The van der Waals surface area contributed by atoms with Crippen LogP contribution in [0.25, 0.3) is 0 Å². The summed E-state index contributed by atoms with van der Waals surface area (Å²) in [5, 5.41) is 3.78. The van der Waals surface area contributed by atoms with E-state index in [0.29, 0.717) is 33.0 Å². The van der Waals surface area contributed by atoms with Gasteiger partial charge >= 0.3 is 0 Å². The Balaban J connectivity index is 2.07. The quantitative estimate of drug-likeness (QED) is 0.255. The number of benzene rings is 3. The third kappa shape index (κ3) is 8.29. The van der Waals surface area contributed by atoms with Gasteiger partial charge in [0.25, 0.3) is 10.0 Å². The largest absolute Gasteiger partial charge is 0.494 e. The SMILES string of the molecule is CCOc1ccc(N(CC(=O)N(Cc2c(Cl)cccc2Cl)[C@H](C)C(=O)NC(C)C)S(=O)(=O)c2ccc(Cl)cc2)cc1. The number of carbonyl (C=O) groups excluding carboxylic acids is 2. The van der Waals surface area contributed by atoms with Crippen molar-refractivity contribution in [2.24, 2.45) is 0 Å². The third-order valence-corrected chi connectivity index (χ3v) is 8.85. The molecule has 0 aliphatic rings. The molecule has 0 bridgehead atoms. The minimum Gasteiger partial charge on any atom is -0.494 e. The van der Waals surface area contributed by atoms with E-state index in [0.717, 1.165) is 4.31 Å². The summed E-state index contributed by atoms with van der Waals surface area (Å²) in [6.07, 6.45) is 0. The van der Waals surface area contributed by atoms with Gasteiger partial charge in [-0.15, -0.1) is 0 Å². The van der Waals surface area contributed by atoms with Crippen molar-refractivity contribution in [3.63, 3.8) is 0 Å². The van der Waals surface area contributed by atoms with E-state index in [2.05, 4.69) is 5.32 Å². The van der Waals surface area contributed by atoms with Gasteiger partial charge in [-0.25, -0.2) is 8.42 Å². The monoisotopic (exact) mass is 639 g/mol. The number of hydrogen-bond donors (Lipinski definition) is 1. The molecule has 0 saturated carbocycles. The maximum Gasteiger partial charge on any atom is 0.264 e. The molecule has 0 aliphatic carbocycles. The van der Waals surface area contributed by atoms with Crippen molar-refractivity contribution < 1.29 is 22.7 Å². The molecule has 0 fully saturated rings. The molecule has 0 spiro atoms. The molecule has 0 aromatic heterocycles. The van der Waals surface area contributed by atoms with E-state index in [-0.39, 0.29) is 23.2 Å². The van der Waals surface area contributed by atoms with Gasteiger partial charge in [-0.1, -0.05) is 40.9 Å². The summed E-state index contributed by atoms with van der Waals surface area (Å²) in [5.41, 5.74) is 0.660. The summed E-state index contributed by atoms with van der Waals surface area (Å²) in [6.45, 7) is 6.70. The van der Waals surface area contributed by atoms with Gasteiger partial charge in [0, 0.05) is 33.2 Å². The lowest BCUT2D eigenvalue weighted by Crippen LogP contribution is -2.52. The van der Waals surface area contributed by atoms with E-state index in [1.807, 2.05) is 6.92 Å². The fourth-order valence-corrected chi connectivity index (χ4v) is 6.04. The van der Waals surface area contributed by atoms with Crippen molar-refractivity contribution in [1.82, 2.24) is 10.2 Å². The first-order chi connectivity index (χ1) is 19.3. The van der Waals surface area contributed by atoms with Crippen LogP contribution in [0.2, 0.25) is 15.1 Å². The highest BCUT2D eigenvalue weighted by Crippen LogP contribution is 2.29. The number of rotatable bonds is 12. The van der Waals surface area contributed by atoms with Gasteiger partial charge in [0.2, 0.25) is 11.8 Å². The van der Waals surface area contributed by atoms with Crippen LogP contribution in [0.3, 0.4) is 0 Å². The van der Waals surface area contributed by atoms with Crippen molar-refractivity contribution in [1.29, 1.82) is 0 Å². The van der Waals surface area contributed by atoms with Gasteiger partial charge in [-0.3, -0.25) is 13.9 Å². The standard InChI is InChI=1S/C29H32Cl3N3O5S/c1-5-40-23-13-11-22(12-14-23)35(41(38,39)24-15-9-21(30)10-16-24)18-28(36)34(20(4)29(37)33-19(2)3)17-25-26(31)7-6-8-27(25)32/h6-16,19-20H,5,17-18H2,1-4H3,(H,33,37)/t20-/m1/s1. The predicted octanol–water partition coefficient (Wildman–Crippen LogP) is 6.18. The van der Waals surface area contributed by atoms with Gasteiger partial charge in [-0.2, -0.15) is 0 Å². The van der Waals surface area contributed by atoms with E-state index >= 15 is 0 Å². The minimum atomic E-state index is -4.25. The lowest BCUT2D eigenvalue weighted by atomic mass is 10.1. The zero-order valence-corrected chi connectivity index (χ0v) is 26.2. The number of nitrogens with zero attached hydrogens (tertiary/aromatic N) is 2.